The number of alkyl halides is 1. The lowest BCUT2D eigenvalue weighted by Crippen LogP contribution is -2.50. The number of aryl methyl sites for hydroxylation is 1. The number of halogens is 1. The van der Waals surface area contributed by atoms with Gasteiger partial charge in [-0.05, 0) is 45.4 Å². The first kappa shape index (κ1) is 21.0. The molecule has 29 heavy (non-hydrogen) atoms. The SMILES string of the molecule is Cc1cc(C(=O)NCC2(F)CCN(C(=O)OC(C)(C)C)CC2)c2occc2c1N. The summed E-state index contributed by atoms with van der Waals surface area (Å²) in [6, 6.07) is 3.35. The highest BCUT2D eigenvalue weighted by atomic mass is 19.1. The summed E-state index contributed by atoms with van der Waals surface area (Å²) in [4.78, 5) is 26.3. The molecule has 8 heteroatoms. The molecule has 2 aromatic rings. The zero-order chi connectivity index (χ0) is 21.4. The van der Waals surface area contributed by atoms with Gasteiger partial charge in [0, 0.05) is 37.0 Å². The van der Waals surface area contributed by atoms with Crippen LogP contribution in [0.25, 0.3) is 11.0 Å². The van der Waals surface area contributed by atoms with Crippen molar-refractivity contribution in [3.63, 3.8) is 0 Å². The molecular weight excluding hydrogens is 377 g/mol. The van der Waals surface area contributed by atoms with E-state index < -0.39 is 23.3 Å². The maximum absolute atomic E-state index is 15.2. The Morgan fingerprint density at radius 1 is 1.34 bits per heavy atom. The van der Waals surface area contributed by atoms with Crippen LogP contribution in [0.15, 0.2) is 22.8 Å². The van der Waals surface area contributed by atoms with Gasteiger partial charge in [0.1, 0.15) is 16.9 Å². The average molecular weight is 405 g/mol. The molecule has 7 nitrogen and oxygen atoms in total. The fourth-order valence-corrected chi connectivity index (χ4v) is 3.40. The van der Waals surface area contributed by atoms with E-state index in [-0.39, 0.29) is 32.5 Å². The van der Waals surface area contributed by atoms with Crippen LogP contribution in [0.4, 0.5) is 14.9 Å². The number of furan rings is 1. The van der Waals surface area contributed by atoms with Crippen LogP contribution >= 0.6 is 0 Å². The summed E-state index contributed by atoms with van der Waals surface area (Å²) in [6.07, 6.45) is 1.29. The van der Waals surface area contributed by atoms with Crippen LogP contribution in [-0.2, 0) is 4.74 Å². The zero-order valence-corrected chi connectivity index (χ0v) is 17.3. The van der Waals surface area contributed by atoms with Crippen molar-refractivity contribution < 1.29 is 23.1 Å². The number of nitrogen functional groups attached to an aromatic ring is 1. The summed E-state index contributed by atoms with van der Waals surface area (Å²) in [5.74, 6) is -0.417. The average Bonchev–Trinajstić information content (AvgIpc) is 3.12. The lowest BCUT2D eigenvalue weighted by atomic mass is 9.93. The maximum Gasteiger partial charge on any atom is 0.410 e. The van der Waals surface area contributed by atoms with Crippen molar-refractivity contribution in [1.82, 2.24) is 10.2 Å². The first-order chi connectivity index (χ1) is 13.5. The van der Waals surface area contributed by atoms with Crippen LogP contribution in [-0.4, -0.2) is 47.8 Å². The number of piperidine rings is 1. The second-order valence-corrected chi connectivity index (χ2v) is 8.62. The number of hydrogen-bond acceptors (Lipinski definition) is 5. The number of carbonyl (C=O) groups is 2. The van der Waals surface area contributed by atoms with Gasteiger partial charge < -0.3 is 25.1 Å². The number of nitrogens with one attached hydrogen (secondary N) is 1. The monoisotopic (exact) mass is 405 g/mol. The van der Waals surface area contributed by atoms with Crippen LogP contribution in [0.1, 0.15) is 49.5 Å². The Morgan fingerprint density at radius 3 is 2.62 bits per heavy atom. The van der Waals surface area contributed by atoms with E-state index >= 15 is 4.39 Å². The van der Waals surface area contributed by atoms with Crippen molar-refractivity contribution in [2.45, 2.75) is 51.8 Å². The topological polar surface area (TPSA) is 97.8 Å². The van der Waals surface area contributed by atoms with E-state index in [4.69, 9.17) is 14.9 Å². The molecule has 0 saturated carbocycles. The number of amides is 2. The number of benzene rings is 1. The first-order valence-electron chi connectivity index (χ1n) is 9.70. The van der Waals surface area contributed by atoms with Gasteiger partial charge in [-0.1, -0.05) is 0 Å². The van der Waals surface area contributed by atoms with Crippen LogP contribution in [0.5, 0.6) is 0 Å². The normalized spacial score (nSPS) is 16.7. The van der Waals surface area contributed by atoms with Crippen molar-refractivity contribution in [3.05, 3.63) is 29.5 Å². The van der Waals surface area contributed by atoms with Gasteiger partial charge in [0.25, 0.3) is 5.91 Å². The Kier molecular flexibility index (Phi) is 5.47. The highest BCUT2D eigenvalue weighted by Gasteiger charge is 2.37. The minimum Gasteiger partial charge on any atom is -0.463 e. The molecule has 2 amide bonds. The third-order valence-electron chi connectivity index (χ3n) is 5.11. The molecule has 1 aromatic heterocycles. The third kappa shape index (κ3) is 4.63. The molecule has 0 unspecified atom stereocenters. The second kappa shape index (κ2) is 7.57. The van der Waals surface area contributed by atoms with E-state index in [1.165, 1.54) is 11.2 Å². The molecular formula is C21H28FN3O4. The predicted octanol–water partition coefficient (Wildman–Crippen LogP) is 3.79. The van der Waals surface area contributed by atoms with E-state index in [9.17, 15) is 9.59 Å². The quantitative estimate of drug-likeness (QED) is 0.757. The molecule has 3 rings (SSSR count). The summed E-state index contributed by atoms with van der Waals surface area (Å²) in [5.41, 5.74) is 5.87. The van der Waals surface area contributed by atoms with E-state index in [1.54, 1.807) is 32.9 Å². The summed E-state index contributed by atoms with van der Waals surface area (Å²) in [5, 5.41) is 3.33. The number of anilines is 1. The summed E-state index contributed by atoms with van der Waals surface area (Å²) < 4.78 is 25.9. The fourth-order valence-electron chi connectivity index (χ4n) is 3.40. The van der Waals surface area contributed by atoms with Gasteiger partial charge in [-0.25, -0.2) is 9.18 Å². The molecule has 0 bridgehead atoms. The molecule has 1 aromatic carbocycles. The lowest BCUT2D eigenvalue weighted by Gasteiger charge is -2.37. The number of fused-ring (bicyclic) bond motifs is 1. The number of hydrogen-bond donors (Lipinski definition) is 2. The minimum atomic E-state index is -1.58. The van der Waals surface area contributed by atoms with E-state index in [1.807, 2.05) is 6.92 Å². The summed E-state index contributed by atoms with van der Waals surface area (Å²) in [7, 11) is 0. The number of likely N-dealkylation sites (tertiary alicyclic amines) is 1. The van der Waals surface area contributed by atoms with Crippen LogP contribution in [0.3, 0.4) is 0 Å². The molecule has 3 N–H and O–H groups in total. The fraction of sp³-hybridized carbons (Fsp3) is 0.524. The van der Waals surface area contributed by atoms with Crippen molar-refractivity contribution in [2.24, 2.45) is 0 Å². The lowest BCUT2D eigenvalue weighted by molar-refractivity contribution is 0.00339. The Bertz CT molecular complexity index is 924. The smallest absolute Gasteiger partial charge is 0.410 e. The summed E-state index contributed by atoms with van der Waals surface area (Å²) >= 11 is 0. The molecule has 0 atom stereocenters. The Hall–Kier alpha value is -2.77. The molecule has 2 heterocycles. The van der Waals surface area contributed by atoms with Gasteiger partial charge in [0.15, 0.2) is 0 Å². The number of nitrogens with two attached hydrogens (primary N) is 1. The van der Waals surface area contributed by atoms with Crippen molar-refractivity contribution in [2.75, 3.05) is 25.4 Å². The van der Waals surface area contributed by atoms with Gasteiger partial charge >= 0.3 is 6.09 Å². The molecule has 158 valence electrons. The van der Waals surface area contributed by atoms with Gasteiger partial charge in [0.2, 0.25) is 0 Å². The van der Waals surface area contributed by atoms with Gasteiger partial charge in [-0.15, -0.1) is 0 Å². The number of carbonyl (C=O) groups excluding carboxylic acids is 2. The number of ether oxygens (including phenoxy) is 1. The third-order valence-corrected chi connectivity index (χ3v) is 5.11. The van der Waals surface area contributed by atoms with Crippen molar-refractivity contribution in [3.8, 4) is 0 Å². The number of rotatable bonds is 3. The van der Waals surface area contributed by atoms with E-state index in [0.717, 1.165) is 5.56 Å². The number of nitrogens with zero attached hydrogens (tertiary/aromatic N) is 1. The van der Waals surface area contributed by atoms with E-state index in [2.05, 4.69) is 5.32 Å². The highest BCUT2D eigenvalue weighted by molar-refractivity contribution is 6.08. The zero-order valence-electron chi connectivity index (χ0n) is 17.3. The Morgan fingerprint density at radius 2 is 2.00 bits per heavy atom. The highest BCUT2D eigenvalue weighted by Crippen LogP contribution is 2.30. The molecule has 1 aliphatic rings. The molecule has 0 spiro atoms. The molecule has 1 fully saturated rings. The Labute approximate surface area is 169 Å². The van der Waals surface area contributed by atoms with Crippen LogP contribution in [0, 0.1) is 6.92 Å². The van der Waals surface area contributed by atoms with Gasteiger partial charge in [-0.2, -0.15) is 0 Å². The minimum absolute atomic E-state index is 0.128. The first-order valence-corrected chi connectivity index (χ1v) is 9.70. The van der Waals surface area contributed by atoms with Crippen molar-refractivity contribution in [1.29, 1.82) is 0 Å². The van der Waals surface area contributed by atoms with E-state index in [0.29, 0.717) is 22.2 Å². The predicted molar refractivity (Wildman–Crippen MR) is 109 cm³/mol. The second-order valence-electron chi connectivity index (χ2n) is 8.62. The van der Waals surface area contributed by atoms with Gasteiger partial charge in [0.05, 0.1) is 18.4 Å². The Balaban J connectivity index is 1.61. The maximum atomic E-state index is 15.2. The van der Waals surface area contributed by atoms with Gasteiger partial charge in [-0.3, -0.25) is 4.79 Å². The molecule has 1 saturated heterocycles. The molecule has 0 radical (unpaired) electrons. The summed E-state index contributed by atoms with van der Waals surface area (Å²) in [6.45, 7) is 7.52. The largest absolute Gasteiger partial charge is 0.463 e. The standard InChI is InChI=1S/C21H28FN3O4/c1-13-11-15(17-14(16(13)23)5-10-28-17)18(26)24-12-21(22)6-8-25(9-7-21)19(27)29-20(2,3)4/h5,10-11H,6-9,12,23H2,1-4H3,(H,24,26). The van der Waals surface area contributed by atoms with Crippen LogP contribution in [0.2, 0.25) is 0 Å². The van der Waals surface area contributed by atoms with Crippen LogP contribution < -0.4 is 11.1 Å². The van der Waals surface area contributed by atoms with Crippen molar-refractivity contribution >= 4 is 28.7 Å². The molecule has 0 aliphatic carbocycles. The molecule has 1 aliphatic heterocycles.